The zero-order valence-corrected chi connectivity index (χ0v) is 9.13. The molecule has 0 bridgehead atoms. The van der Waals surface area contributed by atoms with Crippen molar-refractivity contribution in [3.05, 3.63) is 42.1 Å². The number of allylic oxidation sites excluding steroid dienone is 3. The van der Waals surface area contributed by atoms with Gasteiger partial charge in [-0.05, 0) is 36.4 Å². The second-order valence-corrected chi connectivity index (χ2v) is 3.65. The monoisotopic (exact) mass is 228 g/mol. The fourth-order valence-corrected chi connectivity index (χ4v) is 1.37. The lowest BCUT2D eigenvalue weighted by atomic mass is 10.1. The molecular weight excluding hydrogens is 216 g/mol. The molecule has 0 unspecified atom stereocenters. The van der Waals surface area contributed by atoms with Gasteiger partial charge < -0.3 is 11.5 Å². The van der Waals surface area contributed by atoms with E-state index in [9.17, 15) is 4.79 Å². The van der Waals surface area contributed by atoms with E-state index in [2.05, 4.69) is 10.2 Å². The molecule has 0 radical (unpaired) electrons. The average molecular weight is 228 g/mol. The molecule has 0 spiro atoms. The summed E-state index contributed by atoms with van der Waals surface area (Å²) in [5.74, 6) is 0.0657. The third kappa shape index (κ3) is 2.78. The van der Waals surface area contributed by atoms with Crippen molar-refractivity contribution in [2.24, 2.45) is 10.2 Å². The van der Waals surface area contributed by atoms with Crippen molar-refractivity contribution >= 4 is 22.8 Å². The summed E-state index contributed by atoms with van der Waals surface area (Å²) in [5, 5.41) is 8.01. The van der Waals surface area contributed by atoms with Crippen LogP contribution in [0.15, 0.2) is 52.4 Å². The highest BCUT2D eigenvalue weighted by Crippen LogP contribution is 2.25. The number of carbonyl (C=O) groups is 1. The Hall–Kier alpha value is -2.43. The normalized spacial score (nSPS) is 15.3. The van der Waals surface area contributed by atoms with Gasteiger partial charge in [0.1, 0.15) is 5.69 Å². The molecule has 1 aromatic carbocycles. The van der Waals surface area contributed by atoms with Crippen LogP contribution in [0.2, 0.25) is 0 Å². The standard InChI is InChI=1S/C12H12N4O/c13-8-1-6-12(11(14)7-8)16-15-9-2-4-10(17)5-3-9/h1-4,6-7H,5,13-14H2. The van der Waals surface area contributed by atoms with Gasteiger partial charge in [0.25, 0.3) is 0 Å². The van der Waals surface area contributed by atoms with Crippen molar-refractivity contribution in [2.75, 3.05) is 11.5 Å². The molecule has 0 aliphatic heterocycles. The Morgan fingerprint density at radius 3 is 2.59 bits per heavy atom. The van der Waals surface area contributed by atoms with Gasteiger partial charge in [-0.3, -0.25) is 4.79 Å². The van der Waals surface area contributed by atoms with Gasteiger partial charge in [-0.2, -0.15) is 5.11 Å². The summed E-state index contributed by atoms with van der Waals surface area (Å²) in [6.07, 6.45) is 5.20. The molecule has 1 aromatic rings. The van der Waals surface area contributed by atoms with Gasteiger partial charge in [-0.15, -0.1) is 5.11 Å². The second-order valence-electron chi connectivity index (χ2n) is 3.65. The van der Waals surface area contributed by atoms with Crippen molar-refractivity contribution in [2.45, 2.75) is 6.42 Å². The van der Waals surface area contributed by atoms with Crippen LogP contribution < -0.4 is 11.5 Å². The van der Waals surface area contributed by atoms with Gasteiger partial charge in [0.2, 0.25) is 0 Å². The first-order chi connectivity index (χ1) is 8.15. The van der Waals surface area contributed by atoms with Gasteiger partial charge in [0.15, 0.2) is 5.78 Å². The van der Waals surface area contributed by atoms with Gasteiger partial charge in [-0.25, -0.2) is 0 Å². The smallest absolute Gasteiger partial charge is 0.159 e. The molecule has 0 fully saturated rings. The Morgan fingerprint density at radius 1 is 1.12 bits per heavy atom. The van der Waals surface area contributed by atoms with Crippen LogP contribution >= 0.6 is 0 Å². The van der Waals surface area contributed by atoms with Crippen molar-refractivity contribution in [3.8, 4) is 0 Å². The molecule has 0 saturated carbocycles. The molecule has 2 rings (SSSR count). The van der Waals surface area contributed by atoms with E-state index >= 15 is 0 Å². The van der Waals surface area contributed by atoms with Gasteiger partial charge in [-0.1, -0.05) is 0 Å². The summed E-state index contributed by atoms with van der Waals surface area (Å²) >= 11 is 0. The highest BCUT2D eigenvalue weighted by molar-refractivity contribution is 5.92. The summed E-state index contributed by atoms with van der Waals surface area (Å²) in [4.78, 5) is 10.9. The number of carbonyl (C=O) groups excluding carboxylic acids is 1. The molecule has 86 valence electrons. The summed E-state index contributed by atoms with van der Waals surface area (Å²) in [6, 6.07) is 5.04. The van der Waals surface area contributed by atoms with E-state index in [-0.39, 0.29) is 5.78 Å². The first-order valence-electron chi connectivity index (χ1n) is 5.13. The third-order valence-corrected chi connectivity index (χ3v) is 2.28. The van der Waals surface area contributed by atoms with Crippen LogP contribution in [0.5, 0.6) is 0 Å². The molecule has 4 N–H and O–H groups in total. The Balaban J connectivity index is 2.16. The summed E-state index contributed by atoms with van der Waals surface area (Å²) in [6.45, 7) is 0. The number of nitrogen functional groups attached to an aromatic ring is 2. The first kappa shape index (κ1) is 11.1. The maximum Gasteiger partial charge on any atom is 0.159 e. The van der Waals surface area contributed by atoms with Gasteiger partial charge in [0, 0.05) is 12.1 Å². The minimum absolute atomic E-state index is 0.0657. The van der Waals surface area contributed by atoms with E-state index in [0.717, 1.165) is 0 Å². The number of rotatable bonds is 2. The van der Waals surface area contributed by atoms with Crippen LogP contribution in [0.1, 0.15) is 6.42 Å². The highest BCUT2D eigenvalue weighted by atomic mass is 16.1. The topological polar surface area (TPSA) is 93.8 Å². The summed E-state index contributed by atoms with van der Waals surface area (Å²) in [5.41, 5.74) is 13.6. The van der Waals surface area contributed by atoms with Crippen LogP contribution in [0.25, 0.3) is 0 Å². The molecule has 0 atom stereocenters. The van der Waals surface area contributed by atoms with E-state index in [1.54, 1.807) is 30.4 Å². The van der Waals surface area contributed by atoms with Gasteiger partial charge >= 0.3 is 0 Å². The Morgan fingerprint density at radius 2 is 1.94 bits per heavy atom. The van der Waals surface area contributed by atoms with E-state index in [1.807, 2.05) is 0 Å². The lowest BCUT2D eigenvalue weighted by molar-refractivity contribution is -0.113. The van der Waals surface area contributed by atoms with Crippen molar-refractivity contribution in [1.29, 1.82) is 0 Å². The van der Waals surface area contributed by atoms with Crippen LogP contribution in [0, 0.1) is 0 Å². The van der Waals surface area contributed by atoms with Crippen molar-refractivity contribution < 1.29 is 4.79 Å². The number of hydrogen-bond donors (Lipinski definition) is 2. The molecule has 1 aliphatic rings. The number of anilines is 2. The van der Waals surface area contributed by atoms with Crippen molar-refractivity contribution in [3.63, 3.8) is 0 Å². The molecule has 0 aromatic heterocycles. The van der Waals surface area contributed by atoms with Crippen LogP contribution in [-0.2, 0) is 4.79 Å². The lowest BCUT2D eigenvalue weighted by Crippen LogP contribution is -1.94. The second kappa shape index (κ2) is 4.61. The number of nitrogens with zero attached hydrogens (tertiary/aromatic N) is 2. The minimum Gasteiger partial charge on any atom is -0.399 e. The lowest BCUT2D eigenvalue weighted by Gasteiger charge is -2.01. The zero-order valence-electron chi connectivity index (χ0n) is 9.13. The highest BCUT2D eigenvalue weighted by Gasteiger charge is 2.03. The number of hydrogen-bond acceptors (Lipinski definition) is 5. The number of nitrogens with two attached hydrogens (primary N) is 2. The molecule has 17 heavy (non-hydrogen) atoms. The van der Waals surface area contributed by atoms with Crippen LogP contribution in [-0.4, -0.2) is 5.78 Å². The fraction of sp³-hybridized carbons (Fsp3) is 0.0833. The minimum atomic E-state index is 0.0657. The predicted molar refractivity (Wildman–Crippen MR) is 66.6 cm³/mol. The van der Waals surface area contributed by atoms with Crippen LogP contribution in [0.3, 0.4) is 0 Å². The van der Waals surface area contributed by atoms with Gasteiger partial charge in [0.05, 0.1) is 11.4 Å². The largest absolute Gasteiger partial charge is 0.399 e. The number of ketones is 1. The Kier molecular flexibility index (Phi) is 3.00. The Labute approximate surface area is 98.5 Å². The maximum absolute atomic E-state index is 10.9. The SMILES string of the molecule is Nc1ccc(N=NC2=CCC(=O)C=C2)c(N)c1. The van der Waals surface area contributed by atoms with E-state index in [1.165, 1.54) is 6.08 Å². The fourth-order valence-electron chi connectivity index (χ4n) is 1.37. The maximum atomic E-state index is 10.9. The zero-order chi connectivity index (χ0) is 12.3. The van der Waals surface area contributed by atoms with Crippen LogP contribution in [0.4, 0.5) is 17.1 Å². The summed E-state index contributed by atoms with van der Waals surface area (Å²) < 4.78 is 0. The molecular formula is C12H12N4O. The predicted octanol–water partition coefficient (Wildman–Crippen LogP) is 2.35. The molecule has 0 heterocycles. The summed E-state index contributed by atoms with van der Waals surface area (Å²) in [7, 11) is 0. The Bertz CT molecular complexity index is 543. The molecule has 0 amide bonds. The quantitative estimate of drug-likeness (QED) is 0.600. The number of azo groups is 1. The van der Waals surface area contributed by atoms with E-state index < -0.39 is 0 Å². The molecule has 0 saturated heterocycles. The van der Waals surface area contributed by atoms with E-state index in [0.29, 0.717) is 29.2 Å². The first-order valence-corrected chi connectivity index (χ1v) is 5.13. The van der Waals surface area contributed by atoms with Crippen molar-refractivity contribution in [1.82, 2.24) is 0 Å². The molecule has 1 aliphatic carbocycles. The third-order valence-electron chi connectivity index (χ3n) is 2.28. The molecule has 5 heteroatoms. The van der Waals surface area contributed by atoms with E-state index in [4.69, 9.17) is 11.5 Å². The molecule has 5 nitrogen and oxygen atoms in total. The average Bonchev–Trinajstić information content (AvgIpc) is 2.30. The number of benzene rings is 1.